The zero-order valence-corrected chi connectivity index (χ0v) is 14.0. The standard InChI is InChI=1S/C17H26F2O4/c1-9-4-5-12-10(2)13(8-14(18)19)20-15-17(12)11(9)6-7-16(3,21-15)22-23-17/h9-15H,4-8H2,1-3H3/t9-,10-,11+,12+,13-,15-,16-,17-/m1/s1. The summed E-state index contributed by atoms with van der Waals surface area (Å²) in [5.74, 6) is 0.0705. The van der Waals surface area contributed by atoms with E-state index >= 15 is 0 Å². The highest BCUT2D eigenvalue weighted by Gasteiger charge is 2.69. The van der Waals surface area contributed by atoms with E-state index in [1.807, 2.05) is 13.8 Å². The second-order valence-corrected chi connectivity index (χ2v) is 8.07. The van der Waals surface area contributed by atoms with Gasteiger partial charge in [0.2, 0.25) is 12.2 Å². The van der Waals surface area contributed by atoms with Gasteiger partial charge in [0.1, 0.15) is 0 Å². The van der Waals surface area contributed by atoms with E-state index in [9.17, 15) is 8.78 Å². The van der Waals surface area contributed by atoms with Crippen LogP contribution in [0.3, 0.4) is 0 Å². The van der Waals surface area contributed by atoms with E-state index in [1.165, 1.54) is 0 Å². The topological polar surface area (TPSA) is 36.9 Å². The molecule has 5 aliphatic rings. The van der Waals surface area contributed by atoms with Gasteiger partial charge in [-0.25, -0.2) is 18.6 Å². The first kappa shape index (κ1) is 16.2. The molecule has 4 nitrogen and oxygen atoms in total. The van der Waals surface area contributed by atoms with E-state index in [-0.39, 0.29) is 24.2 Å². The molecule has 4 heterocycles. The lowest BCUT2D eigenvalue weighted by atomic mass is 9.57. The summed E-state index contributed by atoms with van der Waals surface area (Å²) in [4.78, 5) is 11.7. The van der Waals surface area contributed by atoms with Crippen molar-refractivity contribution < 1.29 is 28.0 Å². The van der Waals surface area contributed by atoms with Gasteiger partial charge >= 0.3 is 0 Å². The first-order valence-corrected chi connectivity index (χ1v) is 8.84. The second kappa shape index (κ2) is 5.35. The van der Waals surface area contributed by atoms with Gasteiger partial charge in [0.05, 0.1) is 6.10 Å². The number of halogens is 2. The molecular weight excluding hydrogens is 306 g/mol. The predicted molar refractivity (Wildman–Crippen MR) is 77.4 cm³/mol. The van der Waals surface area contributed by atoms with Crippen molar-refractivity contribution in [3.8, 4) is 0 Å². The lowest BCUT2D eigenvalue weighted by molar-refractivity contribution is -0.571. The quantitative estimate of drug-likeness (QED) is 0.719. The third-order valence-corrected chi connectivity index (χ3v) is 6.71. The number of hydrogen-bond donors (Lipinski definition) is 0. The summed E-state index contributed by atoms with van der Waals surface area (Å²) in [6, 6.07) is 0. The highest BCUT2D eigenvalue weighted by atomic mass is 19.3. The van der Waals surface area contributed by atoms with Crippen molar-refractivity contribution in [1.82, 2.24) is 0 Å². The summed E-state index contributed by atoms with van der Waals surface area (Å²) in [6.45, 7) is 6.10. The molecule has 1 aliphatic carbocycles. The molecule has 0 radical (unpaired) electrons. The van der Waals surface area contributed by atoms with E-state index in [0.717, 1.165) is 25.7 Å². The van der Waals surface area contributed by atoms with E-state index in [0.29, 0.717) is 5.92 Å². The lowest BCUT2D eigenvalue weighted by Gasteiger charge is -2.60. The Morgan fingerprint density at radius 1 is 1.09 bits per heavy atom. The Bertz CT molecular complexity index is 476. The van der Waals surface area contributed by atoms with Crippen molar-refractivity contribution in [2.75, 3.05) is 0 Å². The van der Waals surface area contributed by atoms with E-state index in [4.69, 9.17) is 19.2 Å². The van der Waals surface area contributed by atoms with Gasteiger partial charge in [0.15, 0.2) is 11.9 Å². The van der Waals surface area contributed by atoms with Crippen LogP contribution in [-0.2, 0) is 19.2 Å². The van der Waals surface area contributed by atoms with E-state index in [2.05, 4.69) is 6.92 Å². The average molecular weight is 332 g/mol. The van der Waals surface area contributed by atoms with Gasteiger partial charge in [-0.05, 0) is 43.9 Å². The average Bonchev–Trinajstić information content (AvgIpc) is 2.70. The van der Waals surface area contributed by atoms with Crippen molar-refractivity contribution in [3.05, 3.63) is 0 Å². The lowest BCUT2D eigenvalue weighted by Crippen LogP contribution is -2.70. The Labute approximate surface area is 135 Å². The molecule has 5 fully saturated rings. The Kier molecular flexibility index (Phi) is 3.76. The third kappa shape index (κ3) is 2.29. The number of ether oxygens (including phenoxy) is 2. The molecule has 0 amide bonds. The maximum Gasteiger partial charge on any atom is 0.241 e. The van der Waals surface area contributed by atoms with Gasteiger partial charge in [0, 0.05) is 18.8 Å². The summed E-state index contributed by atoms with van der Waals surface area (Å²) in [5.41, 5.74) is -0.647. The second-order valence-electron chi connectivity index (χ2n) is 8.07. The SMILES string of the molecule is C[C@H]1[C@@H](CC(F)F)O[C@@H]2O[C@@]3(C)CC[C@H]4[C@H](C)CC[C@@H]1[C@@]24OO3. The van der Waals surface area contributed by atoms with Crippen molar-refractivity contribution in [2.24, 2.45) is 23.7 Å². The Morgan fingerprint density at radius 2 is 1.87 bits per heavy atom. The summed E-state index contributed by atoms with van der Waals surface area (Å²) in [6.07, 6.45) is 0.0242. The smallest absolute Gasteiger partial charge is 0.241 e. The first-order valence-electron chi connectivity index (χ1n) is 8.84. The third-order valence-electron chi connectivity index (χ3n) is 6.71. The van der Waals surface area contributed by atoms with Crippen LogP contribution in [0.1, 0.15) is 52.9 Å². The van der Waals surface area contributed by atoms with Crippen molar-refractivity contribution >= 4 is 0 Å². The molecule has 1 saturated carbocycles. The van der Waals surface area contributed by atoms with Crippen molar-refractivity contribution in [3.63, 3.8) is 0 Å². The van der Waals surface area contributed by atoms with Gasteiger partial charge in [-0.1, -0.05) is 13.8 Å². The zero-order valence-electron chi connectivity index (χ0n) is 14.0. The van der Waals surface area contributed by atoms with Crippen LogP contribution in [0.5, 0.6) is 0 Å². The fraction of sp³-hybridized carbons (Fsp3) is 1.00. The minimum atomic E-state index is -2.37. The van der Waals surface area contributed by atoms with Gasteiger partial charge < -0.3 is 9.47 Å². The van der Waals surface area contributed by atoms with E-state index in [1.54, 1.807) is 0 Å². The number of rotatable bonds is 2. The molecule has 0 aromatic heterocycles. The van der Waals surface area contributed by atoms with Crippen molar-refractivity contribution in [1.29, 1.82) is 0 Å². The molecular formula is C17H26F2O4. The van der Waals surface area contributed by atoms with Crippen LogP contribution < -0.4 is 0 Å². The molecule has 23 heavy (non-hydrogen) atoms. The minimum absolute atomic E-state index is 0.00454. The van der Waals surface area contributed by atoms with Crippen LogP contribution in [0.4, 0.5) is 8.78 Å². The Morgan fingerprint density at radius 3 is 2.61 bits per heavy atom. The van der Waals surface area contributed by atoms with E-state index < -0.39 is 30.2 Å². The molecule has 0 N–H and O–H groups in total. The zero-order chi connectivity index (χ0) is 16.4. The van der Waals surface area contributed by atoms with Crippen LogP contribution in [-0.4, -0.2) is 30.2 Å². The molecule has 0 unspecified atom stereocenters. The molecule has 2 bridgehead atoms. The molecule has 8 atom stereocenters. The Hall–Kier alpha value is -0.300. The van der Waals surface area contributed by atoms with Crippen LogP contribution in [0.2, 0.25) is 0 Å². The fourth-order valence-corrected chi connectivity index (χ4v) is 5.42. The summed E-state index contributed by atoms with van der Waals surface area (Å²) < 4.78 is 38.1. The summed E-state index contributed by atoms with van der Waals surface area (Å²) >= 11 is 0. The van der Waals surface area contributed by atoms with Crippen molar-refractivity contribution in [2.45, 2.75) is 83.1 Å². The maximum absolute atomic E-state index is 13.0. The molecule has 132 valence electrons. The fourth-order valence-electron chi connectivity index (χ4n) is 5.42. The van der Waals surface area contributed by atoms with Gasteiger partial charge in [-0.2, -0.15) is 0 Å². The normalized spacial score (nSPS) is 55.6. The minimum Gasteiger partial charge on any atom is -0.346 e. The molecule has 4 aliphatic heterocycles. The molecule has 5 rings (SSSR count). The summed E-state index contributed by atoms with van der Waals surface area (Å²) in [7, 11) is 0. The number of fused-ring (bicyclic) bond motifs is 2. The number of hydrogen-bond acceptors (Lipinski definition) is 4. The molecule has 1 spiro atoms. The highest BCUT2D eigenvalue weighted by molar-refractivity contribution is 5.09. The maximum atomic E-state index is 13.0. The monoisotopic (exact) mass is 332 g/mol. The Balaban J connectivity index is 1.73. The molecule has 6 heteroatoms. The molecule has 0 aromatic rings. The first-order chi connectivity index (χ1) is 10.9. The van der Waals surface area contributed by atoms with Crippen LogP contribution in [0, 0.1) is 23.7 Å². The molecule has 0 aromatic carbocycles. The van der Waals surface area contributed by atoms with Crippen LogP contribution in [0.15, 0.2) is 0 Å². The molecule has 4 saturated heterocycles. The van der Waals surface area contributed by atoms with Gasteiger partial charge in [-0.15, -0.1) is 0 Å². The van der Waals surface area contributed by atoms with Crippen LogP contribution in [0.25, 0.3) is 0 Å². The van der Waals surface area contributed by atoms with Crippen LogP contribution >= 0.6 is 0 Å². The predicted octanol–water partition coefficient (Wildman–Crippen LogP) is 3.89. The number of alkyl halides is 2. The largest absolute Gasteiger partial charge is 0.346 e. The van der Waals surface area contributed by atoms with Gasteiger partial charge in [0.25, 0.3) is 0 Å². The van der Waals surface area contributed by atoms with Gasteiger partial charge in [-0.3, -0.25) is 0 Å². The summed E-state index contributed by atoms with van der Waals surface area (Å²) in [5, 5.41) is 0. The highest BCUT2D eigenvalue weighted by Crippen LogP contribution is 2.60.